The quantitative estimate of drug-likeness (QED) is 0.478. The SMILES string of the molecule is N=C(c1ccnc(N2CCOCC2)c1)c1cc(-c2ccc(O)nc2)ccc1N. The van der Waals surface area contributed by atoms with Gasteiger partial charge in [-0.05, 0) is 35.9 Å². The Morgan fingerprint density at radius 3 is 2.57 bits per heavy atom. The molecule has 1 aromatic carbocycles. The Labute approximate surface area is 162 Å². The second-order valence-electron chi connectivity index (χ2n) is 6.58. The van der Waals surface area contributed by atoms with Crippen LogP contribution in [0.1, 0.15) is 11.1 Å². The first-order valence-electron chi connectivity index (χ1n) is 9.05. The van der Waals surface area contributed by atoms with Gasteiger partial charge in [-0.25, -0.2) is 9.97 Å². The Morgan fingerprint density at radius 2 is 1.82 bits per heavy atom. The molecule has 7 nitrogen and oxygen atoms in total. The van der Waals surface area contributed by atoms with Crippen molar-refractivity contribution in [3.63, 3.8) is 0 Å². The smallest absolute Gasteiger partial charge is 0.210 e. The molecule has 0 spiro atoms. The van der Waals surface area contributed by atoms with Crippen molar-refractivity contribution in [1.29, 1.82) is 5.41 Å². The number of hydrogen-bond acceptors (Lipinski definition) is 7. The standard InChI is InChI=1S/C21H21N5O2/c22-18-3-1-14(16-2-4-20(27)25-13-16)11-17(18)21(23)15-5-6-24-19(12-15)26-7-9-28-10-8-26/h1-6,11-13,23H,7-10,22H2,(H,25,27). The monoisotopic (exact) mass is 375 g/mol. The van der Waals surface area contributed by atoms with E-state index in [2.05, 4.69) is 14.9 Å². The summed E-state index contributed by atoms with van der Waals surface area (Å²) in [7, 11) is 0. The molecule has 28 heavy (non-hydrogen) atoms. The minimum atomic E-state index is -0.0282. The number of hydrogen-bond donors (Lipinski definition) is 3. The Balaban J connectivity index is 1.66. The molecule has 0 aliphatic carbocycles. The average molecular weight is 375 g/mol. The van der Waals surface area contributed by atoms with Crippen molar-refractivity contribution >= 4 is 17.2 Å². The maximum atomic E-state index is 9.39. The summed E-state index contributed by atoms with van der Waals surface area (Å²) >= 11 is 0. The molecule has 0 radical (unpaired) electrons. The van der Waals surface area contributed by atoms with E-state index in [1.807, 2.05) is 24.3 Å². The maximum Gasteiger partial charge on any atom is 0.210 e. The molecule has 1 fully saturated rings. The predicted octanol–water partition coefficient (Wildman–Crippen LogP) is 2.68. The van der Waals surface area contributed by atoms with Crippen molar-refractivity contribution in [2.45, 2.75) is 0 Å². The van der Waals surface area contributed by atoms with E-state index in [0.717, 1.165) is 35.6 Å². The number of benzene rings is 1. The van der Waals surface area contributed by atoms with Crippen molar-refractivity contribution in [2.75, 3.05) is 36.9 Å². The molecule has 4 N–H and O–H groups in total. The number of rotatable bonds is 4. The lowest BCUT2D eigenvalue weighted by molar-refractivity contribution is 0.122. The molecule has 0 bridgehead atoms. The van der Waals surface area contributed by atoms with Gasteiger partial charge in [-0.2, -0.15) is 0 Å². The zero-order valence-corrected chi connectivity index (χ0v) is 15.3. The molecule has 0 saturated carbocycles. The second kappa shape index (κ2) is 7.66. The van der Waals surface area contributed by atoms with Crippen LogP contribution in [0.2, 0.25) is 0 Å². The number of aromatic nitrogens is 2. The molecule has 0 atom stereocenters. The summed E-state index contributed by atoms with van der Waals surface area (Å²) in [5, 5.41) is 18.1. The minimum Gasteiger partial charge on any atom is -0.493 e. The number of nitrogens with zero attached hydrogens (tertiary/aromatic N) is 3. The fourth-order valence-corrected chi connectivity index (χ4v) is 3.20. The van der Waals surface area contributed by atoms with E-state index in [-0.39, 0.29) is 5.88 Å². The van der Waals surface area contributed by atoms with Crippen molar-refractivity contribution in [3.8, 4) is 17.0 Å². The third-order valence-electron chi connectivity index (χ3n) is 4.77. The van der Waals surface area contributed by atoms with E-state index in [1.54, 1.807) is 24.5 Å². The molecule has 1 aliphatic rings. The molecule has 142 valence electrons. The number of morpholine rings is 1. The molecular weight excluding hydrogens is 354 g/mol. The summed E-state index contributed by atoms with van der Waals surface area (Å²) in [5.41, 5.74) is 10.2. The van der Waals surface area contributed by atoms with Crippen LogP contribution in [0.5, 0.6) is 5.88 Å². The van der Waals surface area contributed by atoms with Gasteiger partial charge in [0, 0.05) is 53.9 Å². The number of nitrogens with two attached hydrogens (primary N) is 1. The van der Waals surface area contributed by atoms with E-state index in [4.69, 9.17) is 15.9 Å². The predicted molar refractivity (Wildman–Crippen MR) is 109 cm³/mol. The van der Waals surface area contributed by atoms with E-state index in [9.17, 15) is 5.11 Å². The van der Waals surface area contributed by atoms with Gasteiger partial charge in [0.15, 0.2) is 0 Å². The van der Waals surface area contributed by atoms with E-state index < -0.39 is 0 Å². The number of aromatic hydroxyl groups is 1. The molecule has 4 rings (SSSR count). The van der Waals surface area contributed by atoms with Crippen LogP contribution in [0, 0.1) is 5.41 Å². The number of nitrogen functional groups attached to an aromatic ring is 1. The van der Waals surface area contributed by atoms with Gasteiger partial charge in [0.25, 0.3) is 0 Å². The second-order valence-corrected chi connectivity index (χ2v) is 6.58. The fraction of sp³-hybridized carbons (Fsp3) is 0.190. The fourth-order valence-electron chi connectivity index (χ4n) is 3.20. The molecule has 3 aromatic rings. The highest BCUT2D eigenvalue weighted by Gasteiger charge is 2.15. The summed E-state index contributed by atoms with van der Waals surface area (Å²) < 4.78 is 5.40. The normalized spacial score (nSPS) is 14.1. The Kier molecular flexibility index (Phi) is 4.90. The highest BCUT2D eigenvalue weighted by Crippen LogP contribution is 2.26. The van der Waals surface area contributed by atoms with Gasteiger partial charge < -0.3 is 20.5 Å². The van der Waals surface area contributed by atoms with Crippen LogP contribution in [0.25, 0.3) is 11.1 Å². The van der Waals surface area contributed by atoms with E-state index >= 15 is 0 Å². The molecule has 2 aromatic heterocycles. The number of anilines is 2. The first-order valence-corrected chi connectivity index (χ1v) is 9.05. The summed E-state index contributed by atoms with van der Waals surface area (Å²) in [5.74, 6) is 0.808. The summed E-state index contributed by atoms with van der Waals surface area (Å²) in [6.45, 7) is 2.93. The van der Waals surface area contributed by atoms with Gasteiger partial charge in [-0.1, -0.05) is 6.07 Å². The van der Waals surface area contributed by atoms with Gasteiger partial charge in [-0.3, -0.25) is 5.41 Å². The molecule has 0 amide bonds. The topological polar surface area (TPSA) is 108 Å². The lowest BCUT2D eigenvalue weighted by Crippen LogP contribution is -2.36. The van der Waals surface area contributed by atoms with Crippen molar-refractivity contribution < 1.29 is 9.84 Å². The van der Waals surface area contributed by atoms with Gasteiger partial charge >= 0.3 is 0 Å². The lowest BCUT2D eigenvalue weighted by Gasteiger charge is -2.28. The zero-order chi connectivity index (χ0) is 19.5. The van der Waals surface area contributed by atoms with E-state index in [1.165, 1.54) is 6.07 Å². The Morgan fingerprint density at radius 1 is 1.04 bits per heavy atom. The van der Waals surface area contributed by atoms with Crippen molar-refractivity contribution in [3.05, 3.63) is 66.0 Å². The Bertz CT molecular complexity index is 998. The summed E-state index contributed by atoms with van der Waals surface area (Å²) in [4.78, 5) is 10.5. The summed E-state index contributed by atoms with van der Waals surface area (Å²) in [6, 6.07) is 12.6. The number of pyridine rings is 2. The number of nitrogens with one attached hydrogen (secondary N) is 1. The molecule has 1 saturated heterocycles. The maximum absolute atomic E-state index is 9.39. The first kappa shape index (κ1) is 17.9. The van der Waals surface area contributed by atoms with Crippen LogP contribution in [0.3, 0.4) is 0 Å². The highest BCUT2D eigenvalue weighted by molar-refractivity contribution is 6.14. The highest BCUT2D eigenvalue weighted by atomic mass is 16.5. The third-order valence-corrected chi connectivity index (χ3v) is 4.77. The third kappa shape index (κ3) is 3.65. The molecule has 1 aliphatic heterocycles. The van der Waals surface area contributed by atoms with Gasteiger partial charge in [0.2, 0.25) is 5.88 Å². The van der Waals surface area contributed by atoms with Crippen LogP contribution in [-0.2, 0) is 4.74 Å². The first-order chi connectivity index (χ1) is 13.6. The zero-order valence-electron chi connectivity index (χ0n) is 15.3. The van der Waals surface area contributed by atoms with Crippen LogP contribution in [0.4, 0.5) is 11.5 Å². The number of ether oxygens (including phenoxy) is 1. The van der Waals surface area contributed by atoms with Crippen molar-refractivity contribution in [1.82, 2.24) is 9.97 Å². The van der Waals surface area contributed by atoms with Crippen LogP contribution in [-0.4, -0.2) is 47.1 Å². The molecule has 3 heterocycles. The van der Waals surface area contributed by atoms with Gasteiger partial charge in [-0.15, -0.1) is 0 Å². The average Bonchev–Trinajstić information content (AvgIpc) is 2.75. The lowest BCUT2D eigenvalue weighted by atomic mass is 9.97. The van der Waals surface area contributed by atoms with Crippen LogP contribution in [0.15, 0.2) is 54.9 Å². The Hall–Kier alpha value is -3.45. The van der Waals surface area contributed by atoms with Crippen LogP contribution >= 0.6 is 0 Å². The molecule has 7 heteroatoms. The molecular formula is C21H21N5O2. The summed E-state index contributed by atoms with van der Waals surface area (Å²) in [6.07, 6.45) is 3.32. The minimum absolute atomic E-state index is 0.0282. The van der Waals surface area contributed by atoms with Crippen LogP contribution < -0.4 is 10.6 Å². The van der Waals surface area contributed by atoms with Crippen molar-refractivity contribution in [2.24, 2.45) is 0 Å². The molecule has 0 unspecified atom stereocenters. The van der Waals surface area contributed by atoms with Gasteiger partial charge in [0.1, 0.15) is 5.82 Å². The van der Waals surface area contributed by atoms with Gasteiger partial charge in [0.05, 0.1) is 18.9 Å². The largest absolute Gasteiger partial charge is 0.493 e. The van der Waals surface area contributed by atoms with E-state index in [0.29, 0.717) is 30.2 Å².